The molecule has 152 valence electrons. The van der Waals surface area contributed by atoms with Crippen molar-refractivity contribution in [2.24, 2.45) is 5.10 Å². The fourth-order valence-electron chi connectivity index (χ4n) is 3.45. The number of nitrogens with zero attached hydrogens (tertiary/aromatic N) is 4. The van der Waals surface area contributed by atoms with Crippen molar-refractivity contribution in [2.45, 2.75) is 33.2 Å². The third-order valence-electron chi connectivity index (χ3n) is 4.90. The van der Waals surface area contributed by atoms with E-state index < -0.39 is 0 Å². The number of anilines is 2. The summed E-state index contributed by atoms with van der Waals surface area (Å²) in [7, 11) is 0. The maximum Gasteiger partial charge on any atom is 0.261 e. The Labute approximate surface area is 172 Å². The van der Waals surface area contributed by atoms with Gasteiger partial charge in [-0.2, -0.15) is 5.10 Å². The van der Waals surface area contributed by atoms with Crippen molar-refractivity contribution in [1.82, 2.24) is 9.55 Å². The first kappa shape index (κ1) is 19.5. The van der Waals surface area contributed by atoms with Gasteiger partial charge in [0.25, 0.3) is 11.5 Å². The zero-order chi connectivity index (χ0) is 21.3. The number of para-hydroxylation sites is 1. The highest BCUT2D eigenvalue weighted by atomic mass is 16.2. The molecule has 0 saturated heterocycles. The normalized spacial score (nSPS) is 13.6. The predicted octanol–water partition coefficient (Wildman–Crippen LogP) is 2.85. The maximum atomic E-state index is 12.7. The molecule has 0 saturated carbocycles. The van der Waals surface area contributed by atoms with Crippen molar-refractivity contribution in [3.8, 4) is 0 Å². The fourth-order valence-corrected chi connectivity index (χ4v) is 3.45. The standard InChI is InChI=1S/C22H21N5O3/c1-14-12-21(29)27(25-14)17-7-5-6-16(13-17)24-20(28)10-11-26-15(2)23-19-9-4-3-8-18(19)22(26)30/h3-9,13H,10-12H2,1-2H3,(H,24,28). The summed E-state index contributed by atoms with van der Waals surface area (Å²) >= 11 is 0. The summed E-state index contributed by atoms with van der Waals surface area (Å²) < 4.78 is 1.51. The molecule has 8 heteroatoms. The van der Waals surface area contributed by atoms with Gasteiger partial charge in [-0.05, 0) is 44.2 Å². The lowest BCUT2D eigenvalue weighted by Gasteiger charge is -2.14. The SMILES string of the molecule is CC1=NN(c2cccc(NC(=O)CCn3c(C)nc4ccccc4c3=O)c2)C(=O)C1. The Balaban J connectivity index is 1.46. The van der Waals surface area contributed by atoms with Gasteiger partial charge in [-0.15, -0.1) is 0 Å². The van der Waals surface area contributed by atoms with Gasteiger partial charge in [-0.3, -0.25) is 19.0 Å². The topological polar surface area (TPSA) is 96.7 Å². The molecule has 2 heterocycles. The Morgan fingerprint density at radius 3 is 2.67 bits per heavy atom. The van der Waals surface area contributed by atoms with E-state index in [0.29, 0.717) is 34.5 Å². The zero-order valence-electron chi connectivity index (χ0n) is 16.8. The lowest BCUT2D eigenvalue weighted by Crippen LogP contribution is -2.26. The number of hydrazone groups is 1. The first-order valence-corrected chi connectivity index (χ1v) is 9.65. The lowest BCUT2D eigenvalue weighted by molar-refractivity contribution is -0.117. The van der Waals surface area contributed by atoms with Gasteiger partial charge in [-0.1, -0.05) is 18.2 Å². The summed E-state index contributed by atoms with van der Waals surface area (Å²) in [6.45, 7) is 3.78. The van der Waals surface area contributed by atoms with Gasteiger partial charge >= 0.3 is 0 Å². The molecule has 0 bridgehead atoms. The molecule has 2 amide bonds. The molecule has 1 N–H and O–H groups in total. The monoisotopic (exact) mass is 403 g/mol. The summed E-state index contributed by atoms with van der Waals surface area (Å²) in [6, 6.07) is 14.1. The highest BCUT2D eigenvalue weighted by Crippen LogP contribution is 2.23. The van der Waals surface area contributed by atoms with Crippen LogP contribution in [0.2, 0.25) is 0 Å². The minimum atomic E-state index is -0.237. The molecule has 1 aromatic heterocycles. The van der Waals surface area contributed by atoms with Crippen LogP contribution in [0.5, 0.6) is 0 Å². The number of aromatic nitrogens is 2. The number of nitrogens with one attached hydrogen (secondary N) is 1. The Morgan fingerprint density at radius 2 is 1.90 bits per heavy atom. The molecule has 4 rings (SSSR count). The second-order valence-corrected chi connectivity index (χ2v) is 7.20. The van der Waals surface area contributed by atoms with Crippen LogP contribution in [0.15, 0.2) is 58.4 Å². The molecule has 1 aliphatic rings. The number of carbonyl (C=O) groups excluding carboxylic acids is 2. The van der Waals surface area contributed by atoms with Gasteiger partial charge in [0.1, 0.15) is 5.82 Å². The Kier molecular flexibility index (Phi) is 5.14. The van der Waals surface area contributed by atoms with E-state index in [0.717, 1.165) is 5.71 Å². The van der Waals surface area contributed by atoms with Gasteiger partial charge in [0.05, 0.1) is 23.0 Å². The molecule has 0 radical (unpaired) electrons. The van der Waals surface area contributed by atoms with Crippen LogP contribution in [0.1, 0.15) is 25.6 Å². The van der Waals surface area contributed by atoms with E-state index in [1.807, 2.05) is 6.07 Å². The van der Waals surface area contributed by atoms with E-state index in [-0.39, 0.29) is 30.3 Å². The maximum absolute atomic E-state index is 12.7. The average molecular weight is 403 g/mol. The van der Waals surface area contributed by atoms with Crippen LogP contribution in [0.3, 0.4) is 0 Å². The molecule has 30 heavy (non-hydrogen) atoms. The largest absolute Gasteiger partial charge is 0.326 e. The molecule has 1 aliphatic heterocycles. The molecular weight excluding hydrogens is 382 g/mol. The Bertz CT molecular complexity index is 1240. The average Bonchev–Trinajstić information content (AvgIpc) is 3.06. The molecule has 8 nitrogen and oxygen atoms in total. The number of rotatable bonds is 5. The quantitative estimate of drug-likeness (QED) is 0.708. The van der Waals surface area contributed by atoms with Crippen LogP contribution in [-0.2, 0) is 16.1 Å². The Hall–Kier alpha value is -3.81. The van der Waals surface area contributed by atoms with E-state index >= 15 is 0 Å². The molecule has 0 unspecified atom stereocenters. The van der Waals surface area contributed by atoms with Crippen LogP contribution in [0.25, 0.3) is 10.9 Å². The number of aryl methyl sites for hydroxylation is 1. The summed E-state index contributed by atoms with van der Waals surface area (Å²) in [5.41, 5.74) is 2.39. The first-order valence-electron chi connectivity index (χ1n) is 9.65. The number of carbonyl (C=O) groups is 2. The predicted molar refractivity (Wildman–Crippen MR) is 116 cm³/mol. The van der Waals surface area contributed by atoms with Gasteiger partial charge in [0, 0.05) is 24.4 Å². The number of benzene rings is 2. The highest BCUT2D eigenvalue weighted by Gasteiger charge is 2.22. The number of amides is 2. The first-order chi connectivity index (χ1) is 14.4. The van der Waals surface area contributed by atoms with Gasteiger partial charge in [0.2, 0.25) is 5.91 Å². The summed E-state index contributed by atoms with van der Waals surface area (Å²) in [5.74, 6) is 0.225. The van der Waals surface area contributed by atoms with Crippen molar-refractivity contribution >= 4 is 39.8 Å². The third-order valence-corrected chi connectivity index (χ3v) is 4.90. The van der Waals surface area contributed by atoms with Crippen LogP contribution in [0.4, 0.5) is 11.4 Å². The number of hydrogen-bond acceptors (Lipinski definition) is 5. The van der Waals surface area contributed by atoms with E-state index in [4.69, 9.17) is 0 Å². The third kappa shape index (κ3) is 3.84. The summed E-state index contributed by atoms with van der Waals surface area (Å²) in [4.78, 5) is 41.6. The van der Waals surface area contributed by atoms with Gasteiger partial charge in [0.15, 0.2) is 0 Å². The highest BCUT2D eigenvalue weighted by molar-refractivity contribution is 6.12. The molecule has 2 aromatic carbocycles. The summed E-state index contributed by atoms with van der Waals surface area (Å²) in [6.07, 6.45) is 0.412. The molecule has 0 fully saturated rings. The van der Waals surface area contributed by atoms with Crippen molar-refractivity contribution in [3.05, 3.63) is 64.7 Å². The van der Waals surface area contributed by atoms with Gasteiger partial charge < -0.3 is 5.32 Å². The minimum absolute atomic E-state index is 0.102. The van der Waals surface area contributed by atoms with E-state index in [9.17, 15) is 14.4 Å². The van der Waals surface area contributed by atoms with Crippen LogP contribution in [0, 0.1) is 6.92 Å². The van der Waals surface area contributed by atoms with E-state index in [1.54, 1.807) is 56.3 Å². The van der Waals surface area contributed by atoms with Crippen molar-refractivity contribution < 1.29 is 9.59 Å². The number of fused-ring (bicyclic) bond motifs is 1. The second-order valence-electron chi connectivity index (χ2n) is 7.20. The molecule has 0 aliphatic carbocycles. The van der Waals surface area contributed by atoms with E-state index in [2.05, 4.69) is 15.4 Å². The zero-order valence-corrected chi connectivity index (χ0v) is 16.8. The van der Waals surface area contributed by atoms with E-state index in [1.165, 1.54) is 9.58 Å². The smallest absolute Gasteiger partial charge is 0.261 e. The summed E-state index contributed by atoms with van der Waals surface area (Å²) in [5, 5.41) is 8.91. The molecule has 0 atom stereocenters. The fraction of sp³-hybridized carbons (Fsp3) is 0.227. The van der Waals surface area contributed by atoms with Crippen LogP contribution < -0.4 is 15.9 Å². The molecule has 3 aromatic rings. The van der Waals surface area contributed by atoms with Crippen molar-refractivity contribution in [1.29, 1.82) is 0 Å². The Morgan fingerprint density at radius 1 is 1.10 bits per heavy atom. The minimum Gasteiger partial charge on any atom is -0.326 e. The van der Waals surface area contributed by atoms with Crippen molar-refractivity contribution in [3.63, 3.8) is 0 Å². The molecular formula is C22H21N5O3. The van der Waals surface area contributed by atoms with Gasteiger partial charge in [-0.25, -0.2) is 9.99 Å². The van der Waals surface area contributed by atoms with Crippen molar-refractivity contribution in [2.75, 3.05) is 10.3 Å². The van der Waals surface area contributed by atoms with Crippen LogP contribution >= 0.6 is 0 Å². The lowest BCUT2D eigenvalue weighted by atomic mass is 10.2. The van der Waals surface area contributed by atoms with Crippen LogP contribution in [-0.4, -0.2) is 27.1 Å². The second kappa shape index (κ2) is 7.90. The molecule has 0 spiro atoms. The number of hydrogen-bond donors (Lipinski definition) is 1.